The molecule has 1 saturated heterocycles. The maximum atomic E-state index is 12.3. The fourth-order valence-corrected chi connectivity index (χ4v) is 2.34. The van der Waals surface area contributed by atoms with Crippen LogP contribution in [-0.4, -0.2) is 28.7 Å². The summed E-state index contributed by atoms with van der Waals surface area (Å²) in [6.45, 7) is 8.09. The van der Waals surface area contributed by atoms with Crippen LogP contribution < -0.4 is 5.32 Å². The smallest absolute Gasteiger partial charge is 0.146 e. The molecule has 2 atom stereocenters. The molecule has 0 saturated carbocycles. The van der Waals surface area contributed by atoms with Crippen molar-refractivity contribution in [2.45, 2.75) is 46.1 Å². The molecule has 100 valence electrons. The number of carbonyl (C=O) groups excluding carboxylic acids is 1. The number of Topliss-reactive ketones (excluding diaryl/α,β-unsaturated/α-hetero) is 1. The maximum Gasteiger partial charge on any atom is 0.146 e. The second kappa shape index (κ2) is 5.22. The lowest BCUT2D eigenvalue weighted by Crippen LogP contribution is -2.31. The van der Waals surface area contributed by atoms with Crippen molar-refractivity contribution in [3.63, 3.8) is 0 Å². The van der Waals surface area contributed by atoms with Gasteiger partial charge in [0.1, 0.15) is 5.78 Å². The summed E-state index contributed by atoms with van der Waals surface area (Å²) in [5, 5.41) is 7.76. The van der Waals surface area contributed by atoms with Crippen molar-refractivity contribution in [2.75, 3.05) is 13.1 Å². The molecule has 2 heterocycles. The van der Waals surface area contributed by atoms with Crippen LogP contribution in [0.3, 0.4) is 0 Å². The Labute approximate surface area is 109 Å². The summed E-state index contributed by atoms with van der Waals surface area (Å²) < 4.78 is 1.96. The van der Waals surface area contributed by atoms with Gasteiger partial charge >= 0.3 is 0 Å². The molecule has 1 aliphatic rings. The summed E-state index contributed by atoms with van der Waals surface area (Å²) in [5.74, 6) is 0.307. The predicted molar refractivity (Wildman–Crippen MR) is 71.5 cm³/mol. The molecule has 0 aromatic carbocycles. The van der Waals surface area contributed by atoms with Gasteiger partial charge in [0.2, 0.25) is 0 Å². The van der Waals surface area contributed by atoms with E-state index in [-0.39, 0.29) is 5.41 Å². The Hall–Kier alpha value is -1.16. The van der Waals surface area contributed by atoms with Crippen LogP contribution in [0.2, 0.25) is 0 Å². The summed E-state index contributed by atoms with van der Waals surface area (Å²) in [7, 11) is 0. The van der Waals surface area contributed by atoms with Crippen LogP contribution in [0.5, 0.6) is 0 Å². The van der Waals surface area contributed by atoms with Crippen LogP contribution >= 0.6 is 0 Å². The summed E-state index contributed by atoms with van der Waals surface area (Å²) in [5.41, 5.74) is 0.702. The molecule has 0 amide bonds. The van der Waals surface area contributed by atoms with Crippen LogP contribution in [-0.2, 0) is 11.2 Å². The molecule has 0 spiro atoms. The number of hydrogen-bond acceptors (Lipinski definition) is 3. The minimum atomic E-state index is -0.194. The normalized spacial score (nSPS) is 25.3. The van der Waals surface area contributed by atoms with Gasteiger partial charge in [0.05, 0.1) is 12.1 Å². The van der Waals surface area contributed by atoms with Crippen molar-refractivity contribution in [1.29, 1.82) is 0 Å². The van der Waals surface area contributed by atoms with Crippen molar-refractivity contribution >= 4 is 5.78 Å². The first-order chi connectivity index (χ1) is 8.55. The second-order valence-electron chi connectivity index (χ2n) is 5.63. The lowest BCUT2D eigenvalue weighted by Gasteiger charge is -2.20. The van der Waals surface area contributed by atoms with Crippen molar-refractivity contribution in [1.82, 2.24) is 15.1 Å². The molecule has 2 unspecified atom stereocenters. The van der Waals surface area contributed by atoms with E-state index in [2.05, 4.69) is 31.2 Å². The average Bonchev–Trinajstić information content (AvgIpc) is 2.98. The molecular weight excluding hydrogens is 226 g/mol. The molecule has 1 fully saturated rings. The molecule has 1 aromatic rings. The van der Waals surface area contributed by atoms with Gasteiger partial charge < -0.3 is 5.32 Å². The molecule has 4 heteroatoms. The Morgan fingerprint density at radius 2 is 2.44 bits per heavy atom. The van der Waals surface area contributed by atoms with E-state index in [1.807, 2.05) is 16.9 Å². The van der Waals surface area contributed by atoms with Crippen molar-refractivity contribution < 1.29 is 4.79 Å². The van der Waals surface area contributed by atoms with Crippen LogP contribution in [0, 0.1) is 5.41 Å². The second-order valence-corrected chi connectivity index (χ2v) is 5.63. The molecular formula is C14H23N3O. The lowest BCUT2D eigenvalue weighted by atomic mass is 9.83. The molecule has 4 nitrogen and oxygen atoms in total. The Balaban J connectivity index is 2.01. The number of hydrogen-bond donors (Lipinski definition) is 1. The van der Waals surface area contributed by atoms with Crippen molar-refractivity contribution in [3.05, 3.63) is 18.0 Å². The Bertz CT molecular complexity index is 418. The van der Waals surface area contributed by atoms with Gasteiger partial charge in [-0.05, 0) is 32.4 Å². The minimum Gasteiger partial charge on any atom is -0.316 e. The third-order valence-corrected chi connectivity index (χ3v) is 4.09. The summed E-state index contributed by atoms with van der Waals surface area (Å²) in [6.07, 6.45) is 4.43. The van der Waals surface area contributed by atoms with Crippen LogP contribution in [0.15, 0.2) is 12.3 Å². The van der Waals surface area contributed by atoms with E-state index in [4.69, 9.17) is 0 Å². The van der Waals surface area contributed by atoms with E-state index >= 15 is 0 Å². The van der Waals surface area contributed by atoms with Crippen LogP contribution in [0.1, 0.15) is 45.3 Å². The first kappa shape index (κ1) is 13.3. The Kier molecular flexibility index (Phi) is 3.85. The summed E-state index contributed by atoms with van der Waals surface area (Å²) in [4.78, 5) is 12.3. The molecule has 2 rings (SSSR count). The zero-order valence-corrected chi connectivity index (χ0v) is 11.6. The molecule has 0 radical (unpaired) electrons. The minimum absolute atomic E-state index is 0.194. The first-order valence-corrected chi connectivity index (χ1v) is 6.83. The maximum absolute atomic E-state index is 12.3. The number of carbonyl (C=O) groups is 1. The summed E-state index contributed by atoms with van der Waals surface area (Å²) in [6, 6.07) is 2.37. The third-order valence-electron chi connectivity index (χ3n) is 4.09. The molecule has 1 N–H and O–H groups in total. The number of ketones is 1. The van der Waals surface area contributed by atoms with Crippen molar-refractivity contribution in [3.8, 4) is 0 Å². The van der Waals surface area contributed by atoms with Gasteiger partial charge in [0.25, 0.3) is 0 Å². The van der Waals surface area contributed by atoms with Crippen LogP contribution in [0.25, 0.3) is 0 Å². The van der Waals surface area contributed by atoms with E-state index < -0.39 is 0 Å². The molecule has 1 aromatic heterocycles. The quantitative estimate of drug-likeness (QED) is 0.868. The van der Waals surface area contributed by atoms with E-state index in [9.17, 15) is 4.79 Å². The SMILES string of the molecule is CCC(C)n1ccc(CC(=O)C2(C)CCNC2)n1. The highest BCUT2D eigenvalue weighted by molar-refractivity contribution is 5.86. The van der Waals surface area contributed by atoms with Gasteiger partial charge in [-0.1, -0.05) is 13.8 Å². The molecule has 0 aliphatic carbocycles. The van der Waals surface area contributed by atoms with Gasteiger partial charge in [-0.25, -0.2) is 0 Å². The predicted octanol–water partition coefficient (Wildman–Crippen LogP) is 1.97. The Morgan fingerprint density at radius 3 is 3.06 bits per heavy atom. The van der Waals surface area contributed by atoms with Gasteiger partial charge in [-0.3, -0.25) is 9.48 Å². The first-order valence-electron chi connectivity index (χ1n) is 6.83. The Morgan fingerprint density at radius 1 is 1.67 bits per heavy atom. The largest absolute Gasteiger partial charge is 0.316 e. The third kappa shape index (κ3) is 2.64. The number of nitrogens with one attached hydrogen (secondary N) is 1. The fourth-order valence-electron chi connectivity index (χ4n) is 2.34. The standard InChI is InChI=1S/C14H23N3O/c1-4-11(2)17-8-5-12(16-17)9-13(18)14(3)6-7-15-10-14/h5,8,11,15H,4,6-7,9-10H2,1-3H3. The van der Waals surface area contributed by atoms with Crippen LogP contribution in [0.4, 0.5) is 0 Å². The monoisotopic (exact) mass is 249 g/mol. The zero-order chi connectivity index (χ0) is 13.2. The molecule has 0 bridgehead atoms. The topological polar surface area (TPSA) is 46.9 Å². The fraction of sp³-hybridized carbons (Fsp3) is 0.714. The number of nitrogens with zero attached hydrogens (tertiary/aromatic N) is 2. The summed E-state index contributed by atoms with van der Waals surface area (Å²) >= 11 is 0. The average molecular weight is 249 g/mol. The van der Waals surface area contributed by atoms with Gasteiger partial charge in [-0.15, -0.1) is 0 Å². The van der Waals surface area contributed by atoms with E-state index in [1.54, 1.807) is 0 Å². The van der Waals surface area contributed by atoms with Gasteiger partial charge in [0, 0.05) is 24.2 Å². The highest BCUT2D eigenvalue weighted by Gasteiger charge is 2.35. The lowest BCUT2D eigenvalue weighted by molar-refractivity contribution is -0.126. The van der Waals surface area contributed by atoms with E-state index in [0.717, 1.165) is 31.6 Å². The molecule has 1 aliphatic heterocycles. The van der Waals surface area contributed by atoms with E-state index in [0.29, 0.717) is 18.2 Å². The number of rotatable bonds is 5. The van der Waals surface area contributed by atoms with Gasteiger partial charge in [-0.2, -0.15) is 5.10 Å². The molecule has 18 heavy (non-hydrogen) atoms. The highest BCUT2D eigenvalue weighted by Crippen LogP contribution is 2.27. The highest BCUT2D eigenvalue weighted by atomic mass is 16.1. The number of aromatic nitrogens is 2. The van der Waals surface area contributed by atoms with Crippen molar-refractivity contribution in [2.24, 2.45) is 5.41 Å². The van der Waals surface area contributed by atoms with E-state index in [1.165, 1.54) is 0 Å². The van der Waals surface area contributed by atoms with Gasteiger partial charge in [0.15, 0.2) is 0 Å². The zero-order valence-electron chi connectivity index (χ0n) is 11.6.